The van der Waals surface area contributed by atoms with Gasteiger partial charge in [-0.2, -0.15) is 0 Å². The van der Waals surface area contributed by atoms with Crippen LogP contribution in [0.4, 0.5) is 10.1 Å². The van der Waals surface area contributed by atoms with Crippen LogP contribution in [-0.4, -0.2) is 36.1 Å². The number of Topliss-reactive ketones (excluding diaryl/α,β-unsaturated/α-hetero) is 1. The number of benzene rings is 2. The average molecular weight is 513 g/mol. The van der Waals surface area contributed by atoms with Crippen molar-refractivity contribution in [2.75, 3.05) is 19.5 Å². The summed E-state index contributed by atoms with van der Waals surface area (Å²) in [4.78, 5) is 17.6. The van der Waals surface area contributed by atoms with Crippen LogP contribution in [0.25, 0.3) is 11.3 Å². The zero-order chi connectivity index (χ0) is 25.9. The number of carbonyl (C=O) groups excluding carboxylic acids is 1. The second-order valence-corrected chi connectivity index (χ2v) is 9.61. The minimum atomic E-state index is -1.38. The van der Waals surface area contributed by atoms with E-state index in [-0.39, 0.29) is 29.8 Å². The van der Waals surface area contributed by atoms with Gasteiger partial charge in [-0.15, -0.1) is 0 Å². The van der Waals surface area contributed by atoms with Gasteiger partial charge in [0.05, 0.1) is 35.3 Å². The molecule has 1 aromatic heterocycles. The van der Waals surface area contributed by atoms with E-state index in [1.807, 2.05) is 0 Å². The third-order valence-electron chi connectivity index (χ3n) is 6.58. The second kappa shape index (κ2) is 10.8. The predicted octanol–water partition coefficient (Wildman–Crippen LogP) is 6.39. The van der Waals surface area contributed by atoms with Crippen LogP contribution in [0.2, 0.25) is 5.02 Å². The van der Waals surface area contributed by atoms with Gasteiger partial charge >= 0.3 is 0 Å². The Labute approximate surface area is 215 Å². The Kier molecular flexibility index (Phi) is 7.81. The number of aromatic nitrogens is 1. The van der Waals surface area contributed by atoms with Gasteiger partial charge in [0.25, 0.3) is 0 Å². The van der Waals surface area contributed by atoms with Gasteiger partial charge in [0.15, 0.2) is 17.3 Å². The fraction of sp³-hybridized carbons (Fsp3) is 0.357. The van der Waals surface area contributed by atoms with E-state index in [0.717, 1.165) is 19.3 Å². The van der Waals surface area contributed by atoms with Crippen LogP contribution in [-0.2, 0) is 5.60 Å². The van der Waals surface area contributed by atoms with E-state index in [2.05, 4.69) is 10.3 Å². The third kappa shape index (κ3) is 5.63. The molecule has 190 valence electrons. The molecular weight excluding hydrogens is 483 g/mol. The number of hydrogen-bond donors (Lipinski definition) is 2. The molecule has 0 saturated heterocycles. The van der Waals surface area contributed by atoms with Crippen LogP contribution in [0.1, 0.15) is 55.1 Å². The molecule has 8 heteroatoms. The zero-order valence-corrected chi connectivity index (χ0v) is 21.4. The van der Waals surface area contributed by atoms with Gasteiger partial charge < -0.3 is 19.9 Å². The van der Waals surface area contributed by atoms with Gasteiger partial charge in [-0.1, -0.05) is 11.6 Å². The molecule has 1 unspecified atom stereocenters. The van der Waals surface area contributed by atoms with Crippen molar-refractivity contribution in [2.24, 2.45) is 0 Å². The molecule has 2 aromatic carbocycles. The number of anilines is 1. The number of pyridine rings is 1. The van der Waals surface area contributed by atoms with Crippen molar-refractivity contribution in [3.05, 3.63) is 70.6 Å². The molecule has 1 heterocycles. The summed E-state index contributed by atoms with van der Waals surface area (Å²) < 4.78 is 25.0. The maximum absolute atomic E-state index is 13.7. The van der Waals surface area contributed by atoms with Crippen molar-refractivity contribution in [1.82, 2.24) is 4.98 Å². The van der Waals surface area contributed by atoms with E-state index in [1.165, 1.54) is 12.1 Å². The number of ketones is 1. The number of ether oxygens (including phenoxy) is 2. The van der Waals surface area contributed by atoms with Crippen LogP contribution >= 0.6 is 11.6 Å². The van der Waals surface area contributed by atoms with Crippen molar-refractivity contribution in [3.8, 4) is 22.8 Å². The molecule has 0 bridgehead atoms. The molecule has 0 spiro atoms. The van der Waals surface area contributed by atoms with Crippen molar-refractivity contribution in [1.29, 1.82) is 0 Å². The summed E-state index contributed by atoms with van der Waals surface area (Å²) in [5, 5.41) is 14.3. The second-order valence-electron chi connectivity index (χ2n) is 9.20. The molecule has 4 rings (SSSR count). The van der Waals surface area contributed by atoms with Crippen molar-refractivity contribution in [3.63, 3.8) is 0 Å². The van der Waals surface area contributed by atoms with Crippen LogP contribution < -0.4 is 14.8 Å². The molecule has 6 nitrogen and oxygen atoms in total. The first-order valence-electron chi connectivity index (χ1n) is 12.0. The Morgan fingerprint density at radius 1 is 1.19 bits per heavy atom. The minimum absolute atomic E-state index is 0.0151. The van der Waals surface area contributed by atoms with Gasteiger partial charge in [-0.05, 0) is 81.1 Å². The summed E-state index contributed by atoms with van der Waals surface area (Å²) in [7, 11) is 3.30. The van der Waals surface area contributed by atoms with Gasteiger partial charge in [-0.3, -0.25) is 4.79 Å². The first kappa shape index (κ1) is 25.9. The van der Waals surface area contributed by atoms with Gasteiger partial charge in [-0.25, -0.2) is 9.37 Å². The topological polar surface area (TPSA) is 80.7 Å². The van der Waals surface area contributed by atoms with E-state index in [1.54, 1.807) is 57.5 Å². The lowest BCUT2D eigenvalue weighted by atomic mass is 9.92. The van der Waals surface area contributed by atoms with Crippen molar-refractivity contribution in [2.45, 2.75) is 50.7 Å². The molecule has 0 aliphatic heterocycles. The molecule has 0 radical (unpaired) electrons. The highest BCUT2D eigenvalue weighted by Crippen LogP contribution is 2.35. The standard InChI is InChI=1S/C28H30ClFN2O4/c1-28(34,26-12-10-22(31-2)27(32-26)18-7-9-21(30)20(29)15-18)14-13-23(33)17-8-11-24(25(16-17)35-3)36-19-5-4-6-19/h7-12,15-16,19,31,34H,4-6,13-14H2,1-3H3. The monoisotopic (exact) mass is 512 g/mol. The number of rotatable bonds is 10. The third-order valence-corrected chi connectivity index (χ3v) is 6.87. The van der Waals surface area contributed by atoms with E-state index in [9.17, 15) is 14.3 Å². The number of methoxy groups -OCH3 is 1. The fourth-order valence-electron chi connectivity index (χ4n) is 4.06. The lowest BCUT2D eigenvalue weighted by Crippen LogP contribution is -2.25. The number of aliphatic hydroxyl groups is 1. The molecule has 1 aliphatic carbocycles. The largest absolute Gasteiger partial charge is 0.493 e. The van der Waals surface area contributed by atoms with E-state index in [0.29, 0.717) is 39.7 Å². The highest BCUT2D eigenvalue weighted by Gasteiger charge is 2.28. The SMILES string of the molecule is CNc1ccc(C(C)(O)CCC(=O)c2ccc(OC3CCC3)c(OC)c2)nc1-c1ccc(F)c(Cl)c1. The Bertz CT molecular complexity index is 1260. The molecule has 1 atom stereocenters. The molecule has 0 amide bonds. The minimum Gasteiger partial charge on any atom is -0.493 e. The molecule has 36 heavy (non-hydrogen) atoms. The first-order chi connectivity index (χ1) is 17.2. The fourth-order valence-corrected chi connectivity index (χ4v) is 4.24. The molecule has 1 fully saturated rings. The predicted molar refractivity (Wildman–Crippen MR) is 139 cm³/mol. The highest BCUT2D eigenvalue weighted by atomic mass is 35.5. The van der Waals surface area contributed by atoms with E-state index >= 15 is 0 Å². The average Bonchev–Trinajstić information content (AvgIpc) is 2.86. The Balaban J connectivity index is 1.50. The Morgan fingerprint density at radius 2 is 1.97 bits per heavy atom. The van der Waals surface area contributed by atoms with Crippen LogP contribution in [0.3, 0.4) is 0 Å². The smallest absolute Gasteiger partial charge is 0.163 e. The Morgan fingerprint density at radius 3 is 2.61 bits per heavy atom. The van der Waals surface area contributed by atoms with Gasteiger partial charge in [0.2, 0.25) is 0 Å². The Hall–Kier alpha value is -3.16. The lowest BCUT2D eigenvalue weighted by molar-refractivity contribution is 0.0398. The summed E-state index contributed by atoms with van der Waals surface area (Å²) in [6.45, 7) is 1.62. The maximum atomic E-state index is 13.7. The van der Waals surface area contributed by atoms with Crippen molar-refractivity contribution >= 4 is 23.1 Å². The molecule has 1 saturated carbocycles. The molecule has 1 aliphatic rings. The van der Waals surface area contributed by atoms with Crippen LogP contribution in [0.5, 0.6) is 11.5 Å². The van der Waals surface area contributed by atoms with Crippen molar-refractivity contribution < 1.29 is 23.8 Å². The molecular formula is C28H30ClFN2O4. The normalized spacial score (nSPS) is 15.1. The summed E-state index contributed by atoms with van der Waals surface area (Å²) in [5.41, 5.74) is 1.34. The lowest BCUT2D eigenvalue weighted by Gasteiger charge is -2.27. The molecule has 3 aromatic rings. The van der Waals surface area contributed by atoms with Gasteiger partial charge in [0, 0.05) is 24.6 Å². The summed E-state index contributed by atoms with van der Waals surface area (Å²) in [6.07, 6.45) is 3.68. The van der Waals surface area contributed by atoms with Crippen LogP contribution in [0.15, 0.2) is 48.5 Å². The quantitative estimate of drug-likeness (QED) is 0.306. The number of carbonyl (C=O) groups is 1. The number of hydrogen-bond acceptors (Lipinski definition) is 6. The zero-order valence-electron chi connectivity index (χ0n) is 20.6. The highest BCUT2D eigenvalue weighted by molar-refractivity contribution is 6.31. The molecule has 2 N–H and O–H groups in total. The number of nitrogens with zero attached hydrogens (tertiary/aromatic N) is 1. The summed E-state index contributed by atoms with van der Waals surface area (Å²) in [5.74, 6) is 0.507. The first-order valence-corrected chi connectivity index (χ1v) is 12.3. The number of halogens is 2. The van der Waals surface area contributed by atoms with Gasteiger partial charge in [0.1, 0.15) is 11.4 Å². The number of nitrogens with one attached hydrogen (secondary N) is 1. The van der Waals surface area contributed by atoms with E-state index in [4.69, 9.17) is 21.1 Å². The van der Waals surface area contributed by atoms with E-state index < -0.39 is 11.4 Å². The van der Waals surface area contributed by atoms with Crippen LogP contribution in [0, 0.1) is 5.82 Å². The summed E-state index contributed by atoms with van der Waals surface area (Å²) in [6, 6.07) is 13.0. The summed E-state index contributed by atoms with van der Waals surface area (Å²) >= 11 is 5.97. The maximum Gasteiger partial charge on any atom is 0.163 e.